The summed E-state index contributed by atoms with van der Waals surface area (Å²) < 4.78 is 11.6. The van der Waals surface area contributed by atoms with E-state index in [1.807, 2.05) is 20.8 Å². The van der Waals surface area contributed by atoms with E-state index in [4.69, 9.17) is 9.47 Å². The second kappa shape index (κ2) is 11.7. The molecule has 32 heavy (non-hydrogen) atoms. The smallest absolute Gasteiger partial charge is 0.319 e. The van der Waals surface area contributed by atoms with Crippen molar-refractivity contribution in [2.45, 2.75) is 46.3 Å². The van der Waals surface area contributed by atoms with Gasteiger partial charge in [0, 0.05) is 52.3 Å². The zero-order valence-electron chi connectivity index (χ0n) is 19.9. The molecular weight excluding hydrogens is 412 g/mol. The predicted molar refractivity (Wildman–Crippen MR) is 123 cm³/mol. The number of likely N-dealkylation sites (N-methyl/N-ethyl adjacent to an activating group) is 1. The molecule has 4 amide bonds. The molecule has 0 aliphatic carbocycles. The van der Waals surface area contributed by atoms with Gasteiger partial charge in [0.1, 0.15) is 12.4 Å². The van der Waals surface area contributed by atoms with E-state index in [1.54, 1.807) is 49.1 Å². The first-order valence-corrected chi connectivity index (χ1v) is 11.0. The number of hydrogen-bond acceptors (Lipinski definition) is 5. The largest absolute Gasteiger partial charge is 0.491 e. The van der Waals surface area contributed by atoms with Crippen LogP contribution in [0.15, 0.2) is 18.2 Å². The van der Waals surface area contributed by atoms with E-state index < -0.39 is 0 Å². The summed E-state index contributed by atoms with van der Waals surface area (Å²) in [5.41, 5.74) is 0.829. The van der Waals surface area contributed by atoms with Crippen molar-refractivity contribution in [3.63, 3.8) is 0 Å². The lowest BCUT2D eigenvalue weighted by Crippen LogP contribution is -2.48. The Morgan fingerprint density at radius 2 is 1.97 bits per heavy atom. The van der Waals surface area contributed by atoms with Gasteiger partial charge < -0.3 is 29.9 Å². The van der Waals surface area contributed by atoms with Gasteiger partial charge >= 0.3 is 6.03 Å². The van der Waals surface area contributed by atoms with Crippen molar-refractivity contribution < 1.29 is 23.9 Å². The van der Waals surface area contributed by atoms with Crippen LogP contribution in [0.5, 0.6) is 5.75 Å². The van der Waals surface area contributed by atoms with E-state index in [1.165, 1.54) is 0 Å². The summed E-state index contributed by atoms with van der Waals surface area (Å²) in [6.07, 6.45) is 0.575. The first kappa shape index (κ1) is 25.5. The van der Waals surface area contributed by atoms with Crippen LogP contribution in [0.2, 0.25) is 0 Å². The van der Waals surface area contributed by atoms with Gasteiger partial charge in [-0.25, -0.2) is 4.79 Å². The minimum atomic E-state index is -0.333. The van der Waals surface area contributed by atoms with Crippen LogP contribution < -0.4 is 15.4 Å². The van der Waals surface area contributed by atoms with Crippen LogP contribution in [0.1, 0.15) is 44.5 Å². The summed E-state index contributed by atoms with van der Waals surface area (Å²) in [6.45, 7) is 9.09. The molecule has 0 aromatic heterocycles. The van der Waals surface area contributed by atoms with Crippen LogP contribution in [-0.2, 0) is 9.53 Å². The van der Waals surface area contributed by atoms with Gasteiger partial charge in [0.25, 0.3) is 5.91 Å². The fourth-order valence-electron chi connectivity index (χ4n) is 3.71. The Labute approximate surface area is 190 Å². The Morgan fingerprint density at radius 3 is 2.59 bits per heavy atom. The summed E-state index contributed by atoms with van der Waals surface area (Å²) in [4.78, 5) is 41.0. The topological polar surface area (TPSA) is 100 Å². The molecular formula is C23H36N4O5. The molecule has 1 heterocycles. The number of carbonyl (C=O) groups excluding carboxylic acids is 3. The maximum Gasteiger partial charge on any atom is 0.319 e. The lowest BCUT2D eigenvalue weighted by Gasteiger charge is -2.35. The third-order valence-electron chi connectivity index (χ3n) is 5.64. The van der Waals surface area contributed by atoms with Crippen LogP contribution in [0.4, 0.5) is 10.5 Å². The average molecular weight is 449 g/mol. The predicted octanol–water partition coefficient (Wildman–Crippen LogP) is 2.57. The van der Waals surface area contributed by atoms with Gasteiger partial charge in [-0.05, 0) is 31.5 Å². The molecule has 0 spiro atoms. The number of ether oxygens (including phenoxy) is 2. The molecule has 3 atom stereocenters. The van der Waals surface area contributed by atoms with Crippen molar-refractivity contribution in [2.24, 2.45) is 5.92 Å². The molecule has 9 nitrogen and oxygen atoms in total. The van der Waals surface area contributed by atoms with Gasteiger partial charge in [0.2, 0.25) is 5.91 Å². The second-order valence-electron chi connectivity index (χ2n) is 8.36. The highest BCUT2D eigenvalue weighted by Crippen LogP contribution is 2.26. The summed E-state index contributed by atoms with van der Waals surface area (Å²) in [6, 6.07) is 4.45. The number of anilines is 1. The first-order chi connectivity index (χ1) is 15.2. The number of benzene rings is 1. The quantitative estimate of drug-likeness (QED) is 0.737. The van der Waals surface area contributed by atoms with Crippen LogP contribution in [0, 0.1) is 5.92 Å². The number of nitrogens with zero attached hydrogens (tertiary/aromatic N) is 2. The molecule has 0 saturated carbocycles. The molecule has 1 aliphatic rings. The lowest BCUT2D eigenvalue weighted by atomic mass is 10.0. The fraction of sp³-hybridized carbons (Fsp3) is 0.609. The van der Waals surface area contributed by atoms with E-state index in [9.17, 15) is 14.4 Å². The van der Waals surface area contributed by atoms with Crippen molar-refractivity contribution in [1.29, 1.82) is 0 Å². The first-order valence-electron chi connectivity index (χ1n) is 11.0. The molecule has 1 aliphatic heterocycles. The molecule has 0 saturated heterocycles. The van der Waals surface area contributed by atoms with Gasteiger partial charge in [0.05, 0.1) is 17.7 Å². The van der Waals surface area contributed by atoms with Crippen LogP contribution >= 0.6 is 0 Å². The van der Waals surface area contributed by atoms with Gasteiger partial charge in [-0.1, -0.05) is 13.8 Å². The number of methoxy groups -OCH3 is 1. The molecule has 2 rings (SSSR count). The van der Waals surface area contributed by atoms with Crippen molar-refractivity contribution in [3.8, 4) is 5.75 Å². The molecule has 178 valence electrons. The minimum Gasteiger partial charge on any atom is -0.491 e. The second-order valence-corrected chi connectivity index (χ2v) is 8.36. The summed E-state index contributed by atoms with van der Waals surface area (Å²) >= 11 is 0. The lowest BCUT2D eigenvalue weighted by molar-refractivity contribution is -0.133. The highest BCUT2D eigenvalue weighted by molar-refractivity contribution is 5.99. The monoisotopic (exact) mass is 448 g/mol. The molecule has 1 aromatic rings. The molecule has 0 fully saturated rings. The van der Waals surface area contributed by atoms with Crippen LogP contribution in [-0.4, -0.2) is 80.2 Å². The van der Waals surface area contributed by atoms with Crippen molar-refractivity contribution in [2.75, 3.05) is 45.7 Å². The number of fused-ring (bicyclic) bond motifs is 1. The van der Waals surface area contributed by atoms with E-state index in [0.29, 0.717) is 36.6 Å². The van der Waals surface area contributed by atoms with Crippen molar-refractivity contribution >= 4 is 23.5 Å². The number of carbonyl (C=O) groups is 3. The number of urea groups is 1. The fourth-order valence-corrected chi connectivity index (χ4v) is 3.71. The maximum absolute atomic E-state index is 13.3. The van der Waals surface area contributed by atoms with E-state index >= 15 is 0 Å². The summed E-state index contributed by atoms with van der Waals surface area (Å²) in [5.74, 6) is 0.140. The Kier molecular flexibility index (Phi) is 9.31. The van der Waals surface area contributed by atoms with Gasteiger partial charge in [-0.15, -0.1) is 0 Å². The Balaban J connectivity index is 2.38. The van der Waals surface area contributed by atoms with Crippen LogP contribution in [0.3, 0.4) is 0 Å². The normalized spacial score (nSPS) is 22.2. The third-order valence-corrected chi connectivity index (χ3v) is 5.64. The number of hydrogen-bond donors (Lipinski definition) is 2. The highest BCUT2D eigenvalue weighted by Gasteiger charge is 2.29. The van der Waals surface area contributed by atoms with Gasteiger partial charge in [0.15, 0.2) is 0 Å². The molecule has 0 radical (unpaired) electrons. The minimum absolute atomic E-state index is 0.00996. The molecule has 2 N–H and O–H groups in total. The zero-order valence-corrected chi connectivity index (χ0v) is 19.9. The van der Waals surface area contributed by atoms with Gasteiger partial charge in [-0.3, -0.25) is 9.59 Å². The SMILES string of the molecule is CCCNC(=O)Nc1ccc2c(c1)C(=O)N(C)C[C@H](OC)[C@@H](C)CN(C(C)=O)[C@@H](C)CO2. The molecule has 9 heteroatoms. The van der Waals surface area contributed by atoms with E-state index in [0.717, 1.165) is 6.42 Å². The number of amides is 4. The summed E-state index contributed by atoms with van der Waals surface area (Å²) in [7, 11) is 3.32. The zero-order chi connectivity index (χ0) is 23.8. The maximum atomic E-state index is 13.3. The van der Waals surface area contributed by atoms with Gasteiger partial charge in [-0.2, -0.15) is 0 Å². The summed E-state index contributed by atoms with van der Waals surface area (Å²) in [5, 5.41) is 5.50. The number of nitrogens with one attached hydrogen (secondary N) is 2. The molecule has 1 aromatic carbocycles. The average Bonchev–Trinajstić information content (AvgIpc) is 2.76. The highest BCUT2D eigenvalue weighted by atomic mass is 16.5. The Hall–Kier alpha value is -2.81. The van der Waals surface area contributed by atoms with Crippen molar-refractivity contribution in [1.82, 2.24) is 15.1 Å². The Morgan fingerprint density at radius 1 is 1.25 bits per heavy atom. The van der Waals surface area contributed by atoms with E-state index in [-0.39, 0.29) is 42.5 Å². The van der Waals surface area contributed by atoms with Crippen molar-refractivity contribution in [3.05, 3.63) is 23.8 Å². The molecule has 0 unspecified atom stereocenters. The Bertz CT molecular complexity index is 816. The third kappa shape index (κ3) is 6.59. The molecule has 0 bridgehead atoms. The standard InChI is InChI=1S/C23H36N4O5/c1-7-10-24-23(30)25-18-8-9-20-19(11-18)22(29)26(5)13-21(31-6)15(2)12-27(17(4)28)16(3)14-32-20/h8-9,11,15-16,21H,7,10,12-14H2,1-6H3,(H2,24,25,30)/t15-,16-,21-/m0/s1. The van der Waals surface area contributed by atoms with E-state index in [2.05, 4.69) is 10.6 Å². The number of rotatable bonds is 4. The van der Waals surface area contributed by atoms with Crippen LogP contribution in [0.25, 0.3) is 0 Å².